The van der Waals surface area contributed by atoms with Crippen molar-refractivity contribution in [2.75, 3.05) is 18.5 Å². The quantitative estimate of drug-likeness (QED) is 0.561. The molecular weight excluding hydrogens is 384 g/mol. The van der Waals surface area contributed by atoms with Crippen molar-refractivity contribution < 1.29 is 23.9 Å². The first-order valence-corrected chi connectivity index (χ1v) is 9.15. The lowest BCUT2D eigenvalue weighted by Crippen LogP contribution is -2.21. The monoisotopic (exact) mass is 404 g/mol. The minimum absolute atomic E-state index is 0.251. The first-order chi connectivity index (χ1) is 14.5. The molecule has 0 aliphatic carbocycles. The number of hydrogen-bond acceptors (Lipinski definition) is 5. The third kappa shape index (κ3) is 5.93. The van der Waals surface area contributed by atoms with Crippen LogP contribution in [0.4, 0.5) is 5.69 Å². The predicted molar refractivity (Wildman–Crippen MR) is 112 cm³/mol. The Morgan fingerprint density at radius 3 is 2.03 bits per heavy atom. The van der Waals surface area contributed by atoms with Crippen LogP contribution in [-0.2, 0) is 14.3 Å². The number of benzene rings is 3. The predicted octanol–water partition coefficient (Wildman–Crippen LogP) is 3.01. The number of ether oxygens (including phenoxy) is 2. The van der Waals surface area contributed by atoms with Gasteiger partial charge in [0, 0.05) is 5.69 Å². The van der Waals surface area contributed by atoms with Gasteiger partial charge >= 0.3 is 5.97 Å². The summed E-state index contributed by atoms with van der Waals surface area (Å²) in [6.45, 7) is -0.671. The second-order valence-electron chi connectivity index (χ2n) is 6.35. The Morgan fingerprint density at radius 2 is 1.40 bits per heavy atom. The van der Waals surface area contributed by atoms with Crippen molar-refractivity contribution in [3.05, 3.63) is 84.4 Å². The van der Waals surface area contributed by atoms with Crippen molar-refractivity contribution in [3.8, 4) is 16.9 Å². The van der Waals surface area contributed by atoms with Gasteiger partial charge in [-0.1, -0.05) is 42.5 Å². The first kappa shape index (κ1) is 20.6. The van der Waals surface area contributed by atoms with E-state index >= 15 is 0 Å². The van der Waals surface area contributed by atoms with Gasteiger partial charge in [0.25, 0.3) is 11.8 Å². The van der Waals surface area contributed by atoms with Gasteiger partial charge in [-0.2, -0.15) is 0 Å². The molecule has 7 nitrogen and oxygen atoms in total. The van der Waals surface area contributed by atoms with E-state index in [1.807, 2.05) is 42.5 Å². The van der Waals surface area contributed by atoms with Crippen LogP contribution in [0.3, 0.4) is 0 Å². The van der Waals surface area contributed by atoms with Crippen LogP contribution in [0.25, 0.3) is 11.1 Å². The minimum Gasteiger partial charge on any atom is -0.484 e. The van der Waals surface area contributed by atoms with Crippen molar-refractivity contribution >= 4 is 23.5 Å². The molecule has 0 radical (unpaired) electrons. The maximum absolute atomic E-state index is 12.1. The average Bonchev–Trinajstić information content (AvgIpc) is 2.77. The molecule has 0 bridgehead atoms. The molecule has 0 aliphatic rings. The van der Waals surface area contributed by atoms with Gasteiger partial charge in [-0.3, -0.25) is 9.59 Å². The topological polar surface area (TPSA) is 108 Å². The zero-order chi connectivity index (χ0) is 21.3. The number of nitrogens with one attached hydrogen (secondary N) is 1. The van der Waals surface area contributed by atoms with E-state index in [1.165, 1.54) is 24.3 Å². The Hall–Kier alpha value is -4.13. The molecule has 0 unspecified atom stereocenters. The summed E-state index contributed by atoms with van der Waals surface area (Å²) in [5.41, 5.74) is 7.96. The number of amides is 2. The lowest BCUT2D eigenvalue weighted by molar-refractivity contribution is -0.120. The molecule has 0 aromatic heterocycles. The molecule has 3 rings (SSSR count). The first-order valence-electron chi connectivity index (χ1n) is 9.15. The zero-order valence-corrected chi connectivity index (χ0v) is 16.0. The van der Waals surface area contributed by atoms with Crippen LogP contribution in [0, 0.1) is 0 Å². The minimum atomic E-state index is -0.647. The number of carbonyl (C=O) groups excluding carboxylic acids is 3. The molecule has 0 heterocycles. The second kappa shape index (κ2) is 9.88. The van der Waals surface area contributed by atoms with Crippen molar-refractivity contribution in [1.29, 1.82) is 0 Å². The highest BCUT2D eigenvalue weighted by atomic mass is 16.5. The molecule has 0 aliphatic heterocycles. The fourth-order valence-electron chi connectivity index (χ4n) is 2.63. The van der Waals surface area contributed by atoms with Crippen LogP contribution in [0.15, 0.2) is 78.9 Å². The second-order valence-corrected chi connectivity index (χ2v) is 6.35. The third-order valence-corrected chi connectivity index (χ3v) is 4.08. The highest BCUT2D eigenvalue weighted by Crippen LogP contribution is 2.21. The van der Waals surface area contributed by atoms with Gasteiger partial charge in [0.2, 0.25) is 0 Å². The fraction of sp³-hybridized carbons (Fsp3) is 0.0870. The number of primary amides is 1. The van der Waals surface area contributed by atoms with Gasteiger partial charge in [0.15, 0.2) is 13.2 Å². The van der Waals surface area contributed by atoms with Gasteiger partial charge in [0.1, 0.15) is 5.75 Å². The van der Waals surface area contributed by atoms with E-state index in [1.54, 1.807) is 12.1 Å². The molecule has 3 aromatic carbocycles. The SMILES string of the molecule is NC(=O)COc1ccc(C(=O)OCC(=O)Nc2ccc(-c3ccccc3)cc2)cc1. The van der Waals surface area contributed by atoms with E-state index in [0.29, 0.717) is 11.4 Å². The number of hydrogen-bond donors (Lipinski definition) is 2. The molecule has 3 aromatic rings. The lowest BCUT2D eigenvalue weighted by atomic mass is 10.1. The van der Waals surface area contributed by atoms with Crippen molar-refractivity contribution in [3.63, 3.8) is 0 Å². The molecule has 0 saturated heterocycles. The summed E-state index contributed by atoms with van der Waals surface area (Å²) in [5.74, 6) is -1.30. The highest BCUT2D eigenvalue weighted by molar-refractivity contribution is 5.95. The molecule has 0 atom stereocenters. The summed E-state index contributed by atoms with van der Waals surface area (Å²) in [6.07, 6.45) is 0. The Bertz CT molecular complexity index is 1020. The average molecular weight is 404 g/mol. The molecule has 7 heteroatoms. The van der Waals surface area contributed by atoms with Crippen LogP contribution in [0.5, 0.6) is 5.75 Å². The fourth-order valence-corrected chi connectivity index (χ4v) is 2.63. The molecule has 3 N–H and O–H groups in total. The van der Waals surface area contributed by atoms with Crippen molar-refractivity contribution in [2.24, 2.45) is 5.73 Å². The summed E-state index contributed by atoms with van der Waals surface area (Å²) in [4.78, 5) is 34.8. The summed E-state index contributed by atoms with van der Waals surface area (Å²) in [6, 6.07) is 23.2. The van der Waals surface area contributed by atoms with Crippen molar-refractivity contribution in [2.45, 2.75) is 0 Å². The smallest absolute Gasteiger partial charge is 0.338 e. The molecule has 30 heavy (non-hydrogen) atoms. The molecule has 0 saturated carbocycles. The van der Waals surface area contributed by atoms with E-state index < -0.39 is 24.4 Å². The maximum Gasteiger partial charge on any atom is 0.338 e. The Kier molecular flexibility index (Phi) is 6.78. The summed E-state index contributed by atoms with van der Waals surface area (Å²) in [7, 11) is 0. The van der Waals surface area contributed by atoms with Gasteiger partial charge in [-0.05, 0) is 47.5 Å². The normalized spacial score (nSPS) is 10.1. The lowest BCUT2D eigenvalue weighted by Gasteiger charge is -2.08. The van der Waals surface area contributed by atoms with Gasteiger partial charge in [0.05, 0.1) is 5.56 Å². The van der Waals surface area contributed by atoms with Crippen LogP contribution in [0.2, 0.25) is 0 Å². The van der Waals surface area contributed by atoms with Crippen LogP contribution in [-0.4, -0.2) is 31.0 Å². The summed E-state index contributed by atoms with van der Waals surface area (Å²) < 4.78 is 10.1. The Morgan fingerprint density at radius 1 is 0.767 bits per heavy atom. The number of rotatable bonds is 8. The molecular formula is C23H20N2O5. The third-order valence-electron chi connectivity index (χ3n) is 4.08. The van der Waals surface area contributed by atoms with E-state index in [4.69, 9.17) is 15.2 Å². The Balaban J connectivity index is 1.48. The molecule has 152 valence electrons. The molecule has 2 amide bonds. The highest BCUT2D eigenvalue weighted by Gasteiger charge is 2.11. The maximum atomic E-state index is 12.1. The summed E-state index contributed by atoms with van der Waals surface area (Å²) >= 11 is 0. The van der Waals surface area contributed by atoms with Crippen LogP contribution in [0.1, 0.15) is 10.4 Å². The number of nitrogens with two attached hydrogens (primary N) is 1. The van der Waals surface area contributed by atoms with E-state index in [2.05, 4.69) is 5.32 Å². The Labute approximate surface area is 173 Å². The van der Waals surface area contributed by atoms with E-state index in [0.717, 1.165) is 11.1 Å². The van der Waals surface area contributed by atoms with E-state index in [-0.39, 0.29) is 12.2 Å². The number of esters is 1. The number of anilines is 1. The molecule has 0 spiro atoms. The van der Waals surface area contributed by atoms with Crippen LogP contribution < -0.4 is 15.8 Å². The van der Waals surface area contributed by atoms with Crippen molar-refractivity contribution in [1.82, 2.24) is 0 Å². The standard InChI is InChI=1S/C23H20N2O5/c24-21(26)14-29-20-12-8-18(9-13-20)23(28)30-15-22(27)25-19-10-6-17(7-11-19)16-4-2-1-3-5-16/h1-13H,14-15H2,(H2,24,26)(H,25,27). The van der Waals surface area contributed by atoms with Gasteiger partial charge in [-0.15, -0.1) is 0 Å². The van der Waals surface area contributed by atoms with Crippen LogP contribution >= 0.6 is 0 Å². The van der Waals surface area contributed by atoms with Gasteiger partial charge < -0.3 is 20.5 Å². The van der Waals surface area contributed by atoms with Gasteiger partial charge in [-0.25, -0.2) is 4.79 Å². The zero-order valence-electron chi connectivity index (χ0n) is 16.0. The summed E-state index contributed by atoms with van der Waals surface area (Å²) in [5, 5.41) is 2.68. The van der Waals surface area contributed by atoms with E-state index in [9.17, 15) is 14.4 Å². The number of carbonyl (C=O) groups is 3. The molecule has 0 fully saturated rings. The largest absolute Gasteiger partial charge is 0.484 e.